The van der Waals surface area contributed by atoms with Crippen molar-refractivity contribution < 1.29 is 13.9 Å². The summed E-state index contributed by atoms with van der Waals surface area (Å²) in [7, 11) is 0. The van der Waals surface area contributed by atoms with Gasteiger partial charge in [0.1, 0.15) is 16.3 Å². The van der Waals surface area contributed by atoms with Crippen LogP contribution in [0.5, 0.6) is 0 Å². The molecule has 3 aromatic heterocycles. The van der Waals surface area contributed by atoms with Gasteiger partial charge in [0, 0.05) is 18.4 Å². The van der Waals surface area contributed by atoms with Crippen molar-refractivity contribution in [1.29, 1.82) is 0 Å². The van der Waals surface area contributed by atoms with E-state index in [-0.39, 0.29) is 34.3 Å². The summed E-state index contributed by atoms with van der Waals surface area (Å²) in [6.07, 6.45) is 1.89. The number of ether oxygens (including phenoxy) is 1. The maximum Gasteiger partial charge on any atom is 0.278 e. The molecular formula is C22H21FN6O3S3. The van der Waals surface area contributed by atoms with Crippen molar-refractivity contribution in [2.24, 2.45) is 0 Å². The molecule has 1 aliphatic rings. The maximum absolute atomic E-state index is 13.6. The summed E-state index contributed by atoms with van der Waals surface area (Å²) in [4.78, 5) is 31.2. The van der Waals surface area contributed by atoms with E-state index in [9.17, 15) is 14.0 Å². The number of aromatic nitrogens is 5. The van der Waals surface area contributed by atoms with Crippen LogP contribution >= 0.6 is 35.3 Å². The molecule has 1 unspecified atom stereocenters. The van der Waals surface area contributed by atoms with Gasteiger partial charge in [0.05, 0.1) is 24.1 Å². The van der Waals surface area contributed by atoms with Crippen molar-refractivity contribution >= 4 is 57.4 Å². The second kappa shape index (κ2) is 9.64. The number of fused-ring (bicyclic) bond motifs is 1. The number of carbonyl (C=O) groups is 1. The fraction of sp³-hybridized carbons (Fsp3) is 0.318. The Balaban J connectivity index is 1.59. The van der Waals surface area contributed by atoms with Crippen LogP contribution < -0.4 is 11.3 Å². The normalized spacial score (nSPS) is 15.8. The van der Waals surface area contributed by atoms with E-state index in [1.807, 2.05) is 4.57 Å². The molecule has 0 radical (unpaired) electrons. The van der Waals surface area contributed by atoms with Crippen molar-refractivity contribution in [2.45, 2.75) is 37.6 Å². The Morgan fingerprint density at radius 3 is 2.80 bits per heavy atom. The highest BCUT2D eigenvalue weighted by Gasteiger charge is 2.23. The van der Waals surface area contributed by atoms with Crippen LogP contribution in [-0.4, -0.2) is 48.3 Å². The van der Waals surface area contributed by atoms with Gasteiger partial charge in [-0.05, 0) is 56.2 Å². The number of thiazole rings is 1. The number of carbonyl (C=O) groups excluding carboxylic acids is 1. The molecule has 0 saturated carbocycles. The minimum Gasteiger partial charge on any atom is -0.382 e. The van der Waals surface area contributed by atoms with Gasteiger partial charge in [-0.25, -0.2) is 14.1 Å². The molecule has 0 bridgehead atoms. The highest BCUT2D eigenvalue weighted by molar-refractivity contribution is 7.99. The average Bonchev–Trinajstić information content (AvgIpc) is 3.54. The van der Waals surface area contributed by atoms with Gasteiger partial charge in [-0.15, -0.1) is 5.10 Å². The minimum absolute atomic E-state index is 0.00626. The predicted molar refractivity (Wildman–Crippen MR) is 136 cm³/mol. The number of halogens is 1. The summed E-state index contributed by atoms with van der Waals surface area (Å²) in [5, 5.41) is 4.31. The molecule has 5 rings (SSSR count). The van der Waals surface area contributed by atoms with Crippen LogP contribution in [-0.2, 0) is 11.3 Å². The van der Waals surface area contributed by atoms with E-state index in [0.717, 1.165) is 24.6 Å². The fourth-order valence-corrected chi connectivity index (χ4v) is 6.11. The number of nitrogen functional groups attached to an aromatic ring is 1. The first-order chi connectivity index (χ1) is 16.8. The van der Waals surface area contributed by atoms with Crippen LogP contribution in [0.25, 0.3) is 16.0 Å². The molecule has 1 atom stereocenters. The van der Waals surface area contributed by atoms with Gasteiger partial charge in [0.25, 0.3) is 11.5 Å². The summed E-state index contributed by atoms with van der Waals surface area (Å²) in [6, 6.07) is 7.14. The lowest BCUT2D eigenvalue weighted by molar-refractivity contribution is 0.0924. The molecule has 35 heavy (non-hydrogen) atoms. The first-order valence-electron chi connectivity index (χ1n) is 10.8. The topological polar surface area (TPSA) is 110 Å². The standard InChI is InChI=1S/C22H21FN6O3S3/c1-12-9-16(24)26-29(12)17(30)11-34-21-25-19-18(20(31)28(21)14-6-4-13(23)5-7-14)35-22(33)27(19)10-15-3-2-8-32-15/h4-7,9,15H,2-3,8,10-11H2,1H3,(H2,24,26). The highest BCUT2D eigenvalue weighted by atomic mass is 32.2. The molecule has 13 heteroatoms. The molecule has 1 aromatic carbocycles. The number of hydrogen-bond acceptors (Lipinski definition) is 9. The molecule has 4 aromatic rings. The summed E-state index contributed by atoms with van der Waals surface area (Å²) in [5.41, 5.74) is 6.86. The monoisotopic (exact) mass is 532 g/mol. The number of hydrogen-bond donors (Lipinski definition) is 1. The predicted octanol–water partition coefficient (Wildman–Crippen LogP) is 3.82. The van der Waals surface area contributed by atoms with E-state index in [2.05, 4.69) is 5.10 Å². The van der Waals surface area contributed by atoms with Gasteiger partial charge in [-0.3, -0.25) is 14.2 Å². The molecule has 0 amide bonds. The lowest BCUT2D eigenvalue weighted by atomic mass is 10.2. The summed E-state index contributed by atoms with van der Waals surface area (Å²) in [5.74, 6) is -0.538. The molecule has 9 nitrogen and oxygen atoms in total. The molecule has 0 aliphatic carbocycles. The molecule has 1 aliphatic heterocycles. The number of nitrogens with two attached hydrogens (primary N) is 1. The first kappa shape index (κ1) is 23.9. The quantitative estimate of drug-likeness (QED) is 0.227. The lowest BCUT2D eigenvalue weighted by Crippen LogP contribution is -2.24. The summed E-state index contributed by atoms with van der Waals surface area (Å²) in [6.45, 7) is 2.93. The molecule has 2 N–H and O–H groups in total. The van der Waals surface area contributed by atoms with Crippen molar-refractivity contribution in [2.75, 3.05) is 18.1 Å². The van der Waals surface area contributed by atoms with Crippen LogP contribution in [0, 0.1) is 16.7 Å². The third-order valence-electron chi connectivity index (χ3n) is 5.62. The van der Waals surface area contributed by atoms with Gasteiger partial charge < -0.3 is 15.0 Å². The largest absolute Gasteiger partial charge is 0.382 e. The Labute approximate surface area is 212 Å². The third kappa shape index (κ3) is 4.68. The van der Waals surface area contributed by atoms with E-state index in [4.69, 9.17) is 27.7 Å². The van der Waals surface area contributed by atoms with Gasteiger partial charge in [0.2, 0.25) is 0 Å². The second-order valence-corrected chi connectivity index (χ2v) is 10.7. The fourth-order valence-electron chi connectivity index (χ4n) is 3.98. The van der Waals surface area contributed by atoms with E-state index in [1.165, 1.54) is 44.9 Å². The van der Waals surface area contributed by atoms with E-state index in [0.29, 0.717) is 38.8 Å². The Bertz CT molecular complexity index is 1530. The van der Waals surface area contributed by atoms with Crippen molar-refractivity contribution in [3.05, 3.63) is 56.2 Å². The van der Waals surface area contributed by atoms with E-state index in [1.54, 1.807) is 13.0 Å². The van der Waals surface area contributed by atoms with Crippen LogP contribution in [0.15, 0.2) is 40.3 Å². The highest BCUT2D eigenvalue weighted by Crippen LogP contribution is 2.27. The van der Waals surface area contributed by atoms with Gasteiger partial charge in [-0.2, -0.15) is 0 Å². The number of benzene rings is 1. The van der Waals surface area contributed by atoms with Crippen molar-refractivity contribution in [3.63, 3.8) is 0 Å². The zero-order chi connectivity index (χ0) is 24.7. The Kier molecular flexibility index (Phi) is 6.57. The Hall–Kier alpha value is -2.87. The average molecular weight is 533 g/mol. The van der Waals surface area contributed by atoms with E-state index >= 15 is 0 Å². The van der Waals surface area contributed by atoms with Crippen molar-refractivity contribution in [3.8, 4) is 5.69 Å². The molecule has 0 spiro atoms. The Morgan fingerprint density at radius 2 is 2.14 bits per heavy atom. The maximum atomic E-state index is 13.6. The minimum atomic E-state index is -0.426. The zero-order valence-electron chi connectivity index (χ0n) is 18.6. The molecule has 4 heterocycles. The smallest absolute Gasteiger partial charge is 0.278 e. The lowest BCUT2D eigenvalue weighted by Gasteiger charge is -2.14. The summed E-state index contributed by atoms with van der Waals surface area (Å²) < 4.78 is 24.7. The molecule has 182 valence electrons. The van der Waals surface area contributed by atoms with Crippen LogP contribution in [0.1, 0.15) is 23.3 Å². The van der Waals surface area contributed by atoms with Crippen LogP contribution in [0.4, 0.5) is 10.2 Å². The number of nitrogens with zero attached hydrogens (tertiary/aromatic N) is 5. The number of thioether (sulfide) groups is 1. The first-order valence-corrected chi connectivity index (χ1v) is 13.0. The SMILES string of the molecule is Cc1cc(N)nn1C(=O)CSc1nc2c(sc(=S)n2CC2CCCO2)c(=O)n1-c1ccc(F)cc1. The van der Waals surface area contributed by atoms with Crippen molar-refractivity contribution in [1.82, 2.24) is 23.9 Å². The van der Waals surface area contributed by atoms with E-state index < -0.39 is 5.82 Å². The van der Waals surface area contributed by atoms with Crippen LogP contribution in [0.3, 0.4) is 0 Å². The number of anilines is 1. The third-order valence-corrected chi connectivity index (χ3v) is 7.97. The molecule has 1 fully saturated rings. The van der Waals surface area contributed by atoms with Crippen LogP contribution in [0.2, 0.25) is 0 Å². The zero-order valence-corrected chi connectivity index (χ0v) is 21.1. The summed E-state index contributed by atoms with van der Waals surface area (Å²) >= 11 is 7.83. The molecular weight excluding hydrogens is 511 g/mol. The Morgan fingerprint density at radius 1 is 1.37 bits per heavy atom. The second-order valence-electron chi connectivity index (χ2n) is 8.08. The number of aryl methyl sites for hydroxylation is 1. The van der Waals surface area contributed by atoms with Gasteiger partial charge >= 0.3 is 0 Å². The van der Waals surface area contributed by atoms with Gasteiger partial charge in [0.15, 0.2) is 14.8 Å². The molecule has 1 saturated heterocycles. The van der Waals surface area contributed by atoms with Gasteiger partial charge in [-0.1, -0.05) is 23.1 Å². The number of rotatable bonds is 6.